The monoisotopic (exact) mass is 381 g/mol. The lowest BCUT2D eigenvalue weighted by Crippen LogP contribution is -2.35. The third kappa shape index (κ3) is 4.78. The molecule has 0 amide bonds. The SMILES string of the molecule is CCc1cnc(N2CCC(CCCOc3ncc4c(n3)CCCC4)CC2)nc1. The molecular formula is C22H31N5O. The van der Waals surface area contributed by atoms with Crippen molar-refractivity contribution in [1.82, 2.24) is 19.9 Å². The molecule has 4 rings (SSSR count). The van der Waals surface area contributed by atoms with E-state index in [0.717, 1.165) is 50.6 Å². The Morgan fingerprint density at radius 3 is 2.61 bits per heavy atom. The van der Waals surface area contributed by atoms with Crippen LogP contribution in [-0.4, -0.2) is 39.6 Å². The van der Waals surface area contributed by atoms with Crippen molar-refractivity contribution in [1.29, 1.82) is 0 Å². The highest BCUT2D eigenvalue weighted by atomic mass is 16.5. The summed E-state index contributed by atoms with van der Waals surface area (Å²) in [6.45, 7) is 4.93. The first kappa shape index (κ1) is 19.1. The molecule has 3 heterocycles. The second-order valence-corrected chi connectivity index (χ2v) is 8.00. The molecular weight excluding hydrogens is 350 g/mol. The van der Waals surface area contributed by atoms with Gasteiger partial charge in [0.2, 0.25) is 5.95 Å². The number of aromatic nitrogens is 4. The van der Waals surface area contributed by atoms with E-state index in [-0.39, 0.29) is 0 Å². The van der Waals surface area contributed by atoms with E-state index in [0.29, 0.717) is 12.6 Å². The van der Waals surface area contributed by atoms with Gasteiger partial charge in [-0.15, -0.1) is 0 Å². The van der Waals surface area contributed by atoms with Crippen LogP contribution in [0.5, 0.6) is 6.01 Å². The number of fused-ring (bicyclic) bond motifs is 1. The van der Waals surface area contributed by atoms with E-state index in [1.165, 1.54) is 48.9 Å². The smallest absolute Gasteiger partial charge is 0.316 e. The molecule has 0 aromatic carbocycles. The second-order valence-electron chi connectivity index (χ2n) is 8.00. The number of aryl methyl sites for hydroxylation is 3. The lowest BCUT2D eigenvalue weighted by atomic mass is 9.92. The Labute approximate surface area is 167 Å². The molecule has 1 aliphatic heterocycles. The first-order valence-corrected chi connectivity index (χ1v) is 10.9. The molecule has 6 nitrogen and oxygen atoms in total. The highest BCUT2D eigenvalue weighted by Crippen LogP contribution is 2.24. The third-order valence-electron chi connectivity index (χ3n) is 6.03. The average Bonchev–Trinajstić information content (AvgIpc) is 2.77. The Kier molecular flexibility index (Phi) is 6.34. The van der Waals surface area contributed by atoms with Crippen molar-refractivity contribution < 1.29 is 4.74 Å². The Hall–Kier alpha value is -2.24. The molecule has 0 unspecified atom stereocenters. The number of hydrogen-bond donors (Lipinski definition) is 0. The fraction of sp³-hybridized carbons (Fsp3) is 0.636. The Bertz CT molecular complexity index is 756. The summed E-state index contributed by atoms with van der Waals surface area (Å²) in [5.41, 5.74) is 3.69. The van der Waals surface area contributed by atoms with Crippen LogP contribution >= 0.6 is 0 Å². The van der Waals surface area contributed by atoms with E-state index in [2.05, 4.69) is 31.8 Å². The molecule has 0 radical (unpaired) electrons. The highest BCUT2D eigenvalue weighted by molar-refractivity contribution is 5.30. The van der Waals surface area contributed by atoms with Crippen LogP contribution in [0.3, 0.4) is 0 Å². The summed E-state index contributed by atoms with van der Waals surface area (Å²) in [5, 5.41) is 0. The number of piperidine rings is 1. The Morgan fingerprint density at radius 2 is 1.82 bits per heavy atom. The number of ether oxygens (including phenoxy) is 1. The Balaban J connectivity index is 1.16. The van der Waals surface area contributed by atoms with Gasteiger partial charge in [0.25, 0.3) is 0 Å². The minimum atomic E-state index is 0.558. The van der Waals surface area contributed by atoms with Crippen molar-refractivity contribution in [3.05, 3.63) is 35.4 Å². The van der Waals surface area contributed by atoms with Crippen LogP contribution in [-0.2, 0) is 19.3 Å². The zero-order chi connectivity index (χ0) is 19.2. The van der Waals surface area contributed by atoms with E-state index >= 15 is 0 Å². The van der Waals surface area contributed by atoms with Crippen LogP contribution < -0.4 is 9.64 Å². The van der Waals surface area contributed by atoms with E-state index in [9.17, 15) is 0 Å². The normalized spacial score (nSPS) is 17.4. The van der Waals surface area contributed by atoms with Crippen molar-refractivity contribution in [2.75, 3.05) is 24.6 Å². The molecule has 0 saturated carbocycles. The summed E-state index contributed by atoms with van der Waals surface area (Å²) in [6, 6.07) is 0.558. The molecule has 28 heavy (non-hydrogen) atoms. The molecule has 0 bridgehead atoms. The van der Waals surface area contributed by atoms with Gasteiger partial charge in [-0.05, 0) is 74.8 Å². The standard InChI is InChI=1S/C22H31N5O/c1-2-17-14-23-21(24-15-17)27-11-9-18(10-12-27)6-5-13-28-22-25-16-19-7-3-4-8-20(19)26-22/h14-16,18H,2-13H2,1H3. The lowest BCUT2D eigenvalue weighted by Gasteiger charge is -2.32. The van der Waals surface area contributed by atoms with Gasteiger partial charge in [0.15, 0.2) is 0 Å². The van der Waals surface area contributed by atoms with Crippen LogP contribution in [0.15, 0.2) is 18.6 Å². The van der Waals surface area contributed by atoms with Gasteiger partial charge in [0, 0.05) is 31.7 Å². The molecule has 0 atom stereocenters. The molecule has 2 aromatic rings. The number of rotatable bonds is 7. The van der Waals surface area contributed by atoms with Crippen molar-refractivity contribution in [2.45, 2.75) is 64.7 Å². The van der Waals surface area contributed by atoms with Crippen molar-refractivity contribution in [2.24, 2.45) is 5.92 Å². The zero-order valence-corrected chi connectivity index (χ0v) is 16.9. The summed E-state index contributed by atoms with van der Waals surface area (Å²) in [7, 11) is 0. The van der Waals surface area contributed by atoms with Crippen LogP contribution in [0.2, 0.25) is 0 Å². The van der Waals surface area contributed by atoms with Gasteiger partial charge in [0.05, 0.1) is 12.3 Å². The summed E-state index contributed by atoms with van der Waals surface area (Å²) in [5.74, 6) is 1.64. The molecule has 1 fully saturated rings. The lowest BCUT2D eigenvalue weighted by molar-refractivity contribution is 0.261. The van der Waals surface area contributed by atoms with Crippen LogP contribution in [0.4, 0.5) is 5.95 Å². The fourth-order valence-corrected chi connectivity index (χ4v) is 4.18. The predicted octanol–water partition coefficient (Wildman–Crippen LogP) is 3.78. The molecule has 1 saturated heterocycles. The van der Waals surface area contributed by atoms with Crippen molar-refractivity contribution in [3.8, 4) is 6.01 Å². The van der Waals surface area contributed by atoms with Crippen LogP contribution in [0, 0.1) is 5.92 Å². The van der Waals surface area contributed by atoms with Gasteiger partial charge in [-0.25, -0.2) is 15.0 Å². The van der Waals surface area contributed by atoms with Crippen molar-refractivity contribution >= 4 is 5.95 Å². The topological polar surface area (TPSA) is 64.0 Å². The predicted molar refractivity (Wildman–Crippen MR) is 110 cm³/mol. The Morgan fingerprint density at radius 1 is 1.04 bits per heavy atom. The van der Waals surface area contributed by atoms with Gasteiger partial charge in [0.1, 0.15) is 0 Å². The fourth-order valence-electron chi connectivity index (χ4n) is 4.18. The van der Waals surface area contributed by atoms with Gasteiger partial charge < -0.3 is 9.64 Å². The largest absolute Gasteiger partial charge is 0.463 e. The van der Waals surface area contributed by atoms with E-state index in [4.69, 9.17) is 4.74 Å². The zero-order valence-electron chi connectivity index (χ0n) is 16.9. The van der Waals surface area contributed by atoms with Gasteiger partial charge >= 0.3 is 6.01 Å². The molecule has 0 spiro atoms. The minimum Gasteiger partial charge on any atom is -0.463 e. The van der Waals surface area contributed by atoms with Crippen molar-refractivity contribution in [3.63, 3.8) is 0 Å². The summed E-state index contributed by atoms with van der Waals surface area (Å²) >= 11 is 0. The molecule has 6 heteroatoms. The van der Waals surface area contributed by atoms with E-state index in [1.807, 2.05) is 18.6 Å². The first-order chi connectivity index (χ1) is 13.8. The number of nitrogens with zero attached hydrogens (tertiary/aromatic N) is 5. The maximum Gasteiger partial charge on any atom is 0.316 e. The van der Waals surface area contributed by atoms with E-state index in [1.54, 1.807) is 0 Å². The highest BCUT2D eigenvalue weighted by Gasteiger charge is 2.20. The maximum atomic E-state index is 5.82. The molecule has 1 aliphatic carbocycles. The van der Waals surface area contributed by atoms with Gasteiger partial charge in [-0.3, -0.25) is 0 Å². The molecule has 2 aliphatic rings. The summed E-state index contributed by atoms with van der Waals surface area (Å²) in [4.78, 5) is 20.3. The van der Waals surface area contributed by atoms with Crippen LogP contribution in [0.25, 0.3) is 0 Å². The molecule has 0 N–H and O–H groups in total. The minimum absolute atomic E-state index is 0.558. The second kappa shape index (κ2) is 9.30. The molecule has 150 valence electrons. The van der Waals surface area contributed by atoms with E-state index < -0.39 is 0 Å². The van der Waals surface area contributed by atoms with Gasteiger partial charge in [-0.1, -0.05) is 6.92 Å². The number of anilines is 1. The first-order valence-electron chi connectivity index (χ1n) is 10.9. The van der Waals surface area contributed by atoms with Crippen LogP contribution in [0.1, 0.15) is 62.3 Å². The maximum absolute atomic E-state index is 5.82. The molecule has 2 aromatic heterocycles. The third-order valence-corrected chi connectivity index (χ3v) is 6.03. The van der Waals surface area contributed by atoms with Gasteiger partial charge in [-0.2, -0.15) is 4.98 Å². The quantitative estimate of drug-likeness (QED) is 0.680. The average molecular weight is 382 g/mol. The summed E-state index contributed by atoms with van der Waals surface area (Å²) < 4.78 is 5.82. The number of hydrogen-bond acceptors (Lipinski definition) is 6. The summed E-state index contributed by atoms with van der Waals surface area (Å²) in [6.07, 6.45) is 16.2.